The summed E-state index contributed by atoms with van der Waals surface area (Å²) in [5, 5.41) is 0. The van der Waals surface area contributed by atoms with Crippen molar-refractivity contribution in [2.45, 2.75) is 26.7 Å². The lowest BCUT2D eigenvalue weighted by Crippen LogP contribution is -2.50. The van der Waals surface area contributed by atoms with Gasteiger partial charge in [0, 0.05) is 26.2 Å². The van der Waals surface area contributed by atoms with E-state index < -0.39 is 10.2 Å². The van der Waals surface area contributed by atoms with Crippen molar-refractivity contribution in [2.24, 2.45) is 11.8 Å². The van der Waals surface area contributed by atoms with Crippen LogP contribution in [0, 0.1) is 11.8 Å². The van der Waals surface area contributed by atoms with E-state index in [0.29, 0.717) is 38.0 Å². The highest BCUT2D eigenvalue weighted by Gasteiger charge is 2.35. The van der Waals surface area contributed by atoms with E-state index in [0.717, 1.165) is 12.8 Å². The molecule has 3 rings (SSSR count). The topological polar surface area (TPSA) is 40.6 Å². The maximum Gasteiger partial charge on any atom is 0.282 e. The molecule has 1 aromatic carbocycles. The van der Waals surface area contributed by atoms with Crippen molar-refractivity contribution < 1.29 is 8.42 Å². The van der Waals surface area contributed by atoms with Gasteiger partial charge in [-0.1, -0.05) is 50.3 Å². The molecule has 0 N–H and O–H groups in total. The second-order valence-electron chi connectivity index (χ2n) is 6.97. The molecule has 0 spiro atoms. The van der Waals surface area contributed by atoms with Gasteiger partial charge in [-0.2, -0.15) is 17.0 Å². The molecule has 0 bridgehead atoms. The van der Waals surface area contributed by atoms with E-state index >= 15 is 0 Å². The first-order valence-electron chi connectivity index (χ1n) is 8.46. The van der Waals surface area contributed by atoms with E-state index in [1.165, 1.54) is 11.1 Å². The highest BCUT2D eigenvalue weighted by atomic mass is 32.2. The van der Waals surface area contributed by atoms with Crippen molar-refractivity contribution in [3.05, 3.63) is 42.0 Å². The standard InChI is InChI=1S/C18H26N2O2S/c1-15-12-16(2)14-20(13-15)23(21,22)19-10-8-18(9-11-19)17-6-4-3-5-7-17/h3-8,15-16H,9-14H2,1-2H3. The van der Waals surface area contributed by atoms with Gasteiger partial charge in [-0.05, 0) is 35.8 Å². The Hall–Kier alpha value is -1.17. The van der Waals surface area contributed by atoms with Crippen molar-refractivity contribution in [3.8, 4) is 0 Å². The summed E-state index contributed by atoms with van der Waals surface area (Å²) in [6, 6.07) is 10.2. The van der Waals surface area contributed by atoms with E-state index in [2.05, 4.69) is 32.1 Å². The maximum absolute atomic E-state index is 12.9. The largest absolute Gasteiger partial charge is 0.282 e. The van der Waals surface area contributed by atoms with Crippen molar-refractivity contribution in [1.82, 2.24) is 8.61 Å². The number of hydrogen-bond donors (Lipinski definition) is 0. The van der Waals surface area contributed by atoms with Crippen LogP contribution in [0.5, 0.6) is 0 Å². The smallest absolute Gasteiger partial charge is 0.195 e. The molecule has 2 atom stereocenters. The molecular weight excluding hydrogens is 308 g/mol. The minimum absolute atomic E-state index is 0.439. The zero-order chi connectivity index (χ0) is 16.4. The summed E-state index contributed by atoms with van der Waals surface area (Å²) >= 11 is 0. The molecule has 0 aliphatic carbocycles. The minimum atomic E-state index is -3.33. The van der Waals surface area contributed by atoms with Crippen molar-refractivity contribution in [2.75, 3.05) is 26.2 Å². The molecule has 2 heterocycles. The van der Waals surface area contributed by atoms with E-state index in [1.807, 2.05) is 18.2 Å². The van der Waals surface area contributed by atoms with Crippen LogP contribution in [-0.2, 0) is 10.2 Å². The van der Waals surface area contributed by atoms with Crippen LogP contribution in [-0.4, -0.2) is 43.2 Å². The van der Waals surface area contributed by atoms with Gasteiger partial charge in [-0.3, -0.25) is 0 Å². The van der Waals surface area contributed by atoms with Crippen LogP contribution in [0.1, 0.15) is 32.3 Å². The van der Waals surface area contributed by atoms with Crippen LogP contribution in [0.3, 0.4) is 0 Å². The number of nitrogens with zero attached hydrogens (tertiary/aromatic N) is 2. The summed E-state index contributed by atoms with van der Waals surface area (Å²) in [6.07, 6.45) is 3.96. The molecule has 1 aromatic rings. The lowest BCUT2D eigenvalue weighted by molar-refractivity contribution is 0.210. The Morgan fingerprint density at radius 3 is 2.22 bits per heavy atom. The molecule has 2 aliphatic heterocycles. The first-order chi connectivity index (χ1) is 11.0. The number of rotatable bonds is 3. The van der Waals surface area contributed by atoms with E-state index in [1.54, 1.807) is 8.61 Å². The predicted octanol–water partition coefficient (Wildman–Crippen LogP) is 3.00. The van der Waals surface area contributed by atoms with Crippen molar-refractivity contribution in [1.29, 1.82) is 0 Å². The van der Waals surface area contributed by atoms with Gasteiger partial charge in [-0.25, -0.2) is 0 Å². The molecular formula is C18H26N2O2S. The fraction of sp³-hybridized carbons (Fsp3) is 0.556. The zero-order valence-corrected chi connectivity index (χ0v) is 14.8. The molecule has 2 aliphatic rings. The van der Waals surface area contributed by atoms with Gasteiger partial charge >= 0.3 is 0 Å². The summed E-state index contributed by atoms with van der Waals surface area (Å²) in [5.74, 6) is 0.877. The molecule has 1 fully saturated rings. The van der Waals surface area contributed by atoms with E-state index in [4.69, 9.17) is 0 Å². The van der Waals surface area contributed by atoms with Crippen LogP contribution in [0.2, 0.25) is 0 Å². The summed E-state index contributed by atoms with van der Waals surface area (Å²) in [6.45, 7) is 6.63. The number of piperidine rings is 1. The third-order valence-corrected chi connectivity index (χ3v) is 6.74. The molecule has 0 radical (unpaired) electrons. The molecule has 0 saturated carbocycles. The molecule has 0 aromatic heterocycles. The lowest BCUT2D eigenvalue weighted by Gasteiger charge is -2.38. The summed E-state index contributed by atoms with van der Waals surface area (Å²) < 4.78 is 29.1. The zero-order valence-electron chi connectivity index (χ0n) is 14.0. The molecule has 5 heteroatoms. The monoisotopic (exact) mass is 334 g/mol. The molecule has 1 saturated heterocycles. The molecule has 126 valence electrons. The minimum Gasteiger partial charge on any atom is -0.195 e. The second kappa shape index (κ2) is 6.75. The second-order valence-corrected chi connectivity index (χ2v) is 8.90. The maximum atomic E-state index is 12.9. The van der Waals surface area contributed by atoms with Gasteiger partial charge in [0.05, 0.1) is 0 Å². The molecule has 2 unspecified atom stereocenters. The Kier molecular flexibility index (Phi) is 4.90. The van der Waals surface area contributed by atoms with Crippen LogP contribution in [0.4, 0.5) is 0 Å². The Bertz CT molecular complexity index is 660. The Balaban J connectivity index is 1.72. The first kappa shape index (κ1) is 16.7. The van der Waals surface area contributed by atoms with Crippen LogP contribution < -0.4 is 0 Å². The summed E-state index contributed by atoms with van der Waals surface area (Å²) in [5.41, 5.74) is 2.45. The van der Waals surface area contributed by atoms with Gasteiger partial charge in [0.2, 0.25) is 0 Å². The summed E-state index contributed by atoms with van der Waals surface area (Å²) in [7, 11) is -3.33. The van der Waals surface area contributed by atoms with Gasteiger partial charge in [-0.15, -0.1) is 0 Å². The quantitative estimate of drug-likeness (QED) is 0.852. The fourth-order valence-corrected chi connectivity index (χ4v) is 5.53. The first-order valence-corrected chi connectivity index (χ1v) is 9.86. The third-order valence-electron chi connectivity index (χ3n) is 4.80. The van der Waals surface area contributed by atoms with Gasteiger partial charge in [0.25, 0.3) is 10.2 Å². The predicted molar refractivity (Wildman–Crippen MR) is 94.0 cm³/mol. The van der Waals surface area contributed by atoms with E-state index in [9.17, 15) is 8.42 Å². The molecule has 0 amide bonds. The third kappa shape index (κ3) is 3.67. The van der Waals surface area contributed by atoms with Gasteiger partial charge < -0.3 is 0 Å². The highest BCUT2D eigenvalue weighted by molar-refractivity contribution is 7.86. The number of hydrogen-bond acceptors (Lipinski definition) is 2. The normalized spacial score (nSPS) is 27.7. The Labute approximate surface area is 140 Å². The van der Waals surface area contributed by atoms with Crippen LogP contribution in [0.25, 0.3) is 5.57 Å². The highest BCUT2D eigenvalue weighted by Crippen LogP contribution is 2.28. The average molecular weight is 334 g/mol. The Morgan fingerprint density at radius 2 is 1.65 bits per heavy atom. The average Bonchev–Trinajstić information content (AvgIpc) is 2.55. The fourth-order valence-electron chi connectivity index (χ4n) is 3.73. The lowest BCUT2D eigenvalue weighted by atomic mass is 9.94. The van der Waals surface area contributed by atoms with Crippen LogP contribution in [0.15, 0.2) is 36.4 Å². The SMILES string of the molecule is CC1CC(C)CN(S(=O)(=O)N2CC=C(c3ccccc3)CC2)C1. The molecule has 23 heavy (non-hydrogen) atoms. The van der Waals surface area contributed by atoms with Crippen molar-refractivity contribution >= 4 is 15.8 Å². The van der Waals surface area contributed by atoms with Crippen molar-refractivity contribution in [3.63, 3.8) is 0 Å². The Morgan fingerprint density at radius 1 is 1.00 bits per heavy atom. The number of benzene rings is 1. The van der Waals surface area contributed by atoms with Gasteiger partial charge in [0.1, 0.15) is 0 Å². The van der Waals surface area contributed by atoms with Gasteiger partial charge in [0.15, 0.2) is 0 Å². The van der Waals surface area contributed by atoms with Crippen LogP contribution >= 0.6 is 0 Å². The summed E-state index contributed by atoms with van der Waals surface area (Å²) in [4.78, 5) is 0. The molecule has 4 nitrogen and oxygen atoms in total. The van der Waals surface area contributed by atoms with E-state index in [-0.39, 0.29) is 0 Å².